The van der Waals surface area contributed by atoms with E-state index >= 15 is 0 Å². The summed E-state index contributed by atoms with van der Waals surface area (Å²) >= 11 is 0. The van der Waals surface area contributed by atoms with E-state index < -0.39 is 0 Å². The molecule has 2 aromatic rings. The molecule has 6 heteroatoms. The van der Waals surface area contributed by atoms with Crippen molar-refractivity contribution in [2.45, 2.75) is 26.2 Å². The molecule has 0 bridgehead atoms. The number of ether oxygens (including phenoxy) is 2. The number of nitrogens with one attached hydrogen (secondary N) is 1. The molecule has 0 aliphatic carbocycles. The van der Waals surface area contributed by atoms with Gasteiger partial charge in [0.2, 0.25) is 5.91 Å². The minimum atomic E-state index is -0.271. The van der Waals surface area contributed by atoms with Crippen LogP contribution in [0.3, 0.4) is 0 Å². The first kappa shape index (κ1) is 18.8. The number of carbonyl (C=O) groups excluding carboxylic acids is 2. The van der Waals surface area contributed by atoms with Crippen LogP contribution in [0.15, 0.2) is 36.4 Å². The fourth-order valence-corrected chi connectivity index (χ4v) is 3.18. The Balaban J connectivity index is 1.84. The highest BCUT2D eigenvalue weighted by Crippen LogP contribution is 2.28. The van der Waals surface area contributed by atoms with Crippen LogP contribution in [0, 0.1) is 6.92 Å². The number of methoxy groups -OCH3 is 2. The fourth-order valence-electron chi connectivity index (χ4n) is 3.18. The first-order valence-electron chi connectivity index (χ1n) is 8.97. The standard InChI is InChI=1S/C21H24N2O4/c1-14-7-8-16(12-19(14)23-9-5-4-6-20(23)24)22-21(25)15-10-17(26-2)13-18(11-15)27-3/h7-8,10-13H,4-6,9H2,1-3H3,(H,22,25). The maximum atomic E-state index is 12.7. The predicted molar refractivity (Wildman–Crippen MR) is 105 cm³/mol. The zero-order chi connectivity index (χ0) is 19.4. The number of benzene rings is 2. The van der Waals surface area contributed by atoms with E-state index in [0.717, 1.165) is 24.1 Å². The quantitative estimate of drug-likeness (QED) is 0.872. The molecule has 6 nitrogen and oxygen atoms in total. The molecular weight excluding hydrogens is 344 g/mol. The molecule has 1 fully saturated rings. The van der Waals surface area contributed by atoms with Gasteiger partial charge < -0.3 is 19.7 Å². The van der Waals surface area contributed by atoms with Crippen LogP contribution in [0.2, 0.25) is 0 Å². The maximum absolute atomic E-state index is 12.7. The number of aryl methyl sites for hydroxylation is 1. The van der Waals surface area contributed by atoms with Crippen LogP contribution in [-0.2, 0) is 4.79 Å². The van der Waals surface area contributed by atoms with E-state index in [-0.39, 0.29) is 11.8 Å². The highest BCUT2D eigenvalue weighted by molar-refractivity contribution is 6.05. The number of hydrogen-bond acceptors (Lipinski definition) is 4. The SMILES string of the molecule is COc1cc(OC)cc(C(=O)Nc2ccc(C)c(N3CCCCC3=O)c2)c1. The topological polar surface area (TPSA) is 67.9 Å². The molecule has 1 aliphatic heterocycles. The van der Waals surface area contributed by atoms with Gasteiger partial charge in [0.05, 0.1) is 14.2 Å². The monoisotopic (exact) mass is 368 g/mol. The van der Waals surface area contributed by atoms with Crippen molar-refractivity contribution in [3.8, 4) is 11.5 Å². The Morgan fingerprint density at radius 1 is 1.04 bits per heavy atom. The first-order valence-corrected chi connectivity index (χ1v) is 8.97. The molecule has 0 radical (unpaired) electrons. The summed E-state index contributed by atoms with van der Waals surface area (Å²) < 4.78 is 10.4. The number of anilines is 2. The maximum Gasteiger partial charge on any atom is 0.255 e. The van der Waals surface area contributed by atoms with Crippen LogP contribution in [0.25, 0.3) is 0 Å². The Kier molecular flexibility index (Phi) is 5.64. The fraction of sp³-hybridized carbons (Fsp3) is 0.333. The van der Waals surface area contributed by atoms with Crippen molar-refractivity contribution < 1.29 is 19.1 Å². The average Bonchev–Trinajstić information content (AvgIpc) is 2.69. The lowest BCUT2D eigenvalue weighted by molar-refractivity contribution is -0.119. The predicted octanol–water partition coefficient (Wildman–Crippen LogP) is 3.78. The highest BCUT2D eigenvalue weighted by atomic mass is 16.5. The molecule has 1 saturated heterocycles. The second-order valence-electron chi connectivity index (χ2n) is 6.56. The van der Waals surface area contributed by atoms with E-state index in [4.69, 9.17) is 9.47 Å². The van der Waals surface area contributed by atoms with Gasteiger partial charge in [0.1, 0.15) is 11.5 Å². The van der Waals surface area contributed by atoms with Crippen LogP contribution < -0.4 is 19.7 Å². The Morgan fingerprint density at radius 2 is 1.74 bits per heavy atom. The molecule has 0 atom stereocenters. The molecule has 1 heterocycles. The zero-order valence-electron chi connectivity index (χ0n) is 15.9. The normalized spacial score (nSPS) is 14.0. The largest absolute Gasteiger partial charge is 0.497 e. The van der Waals surface area contributed by atoms with Gasteiger partial charge in [-0.15, -0.1) is 0 Å². The first-order chi connectivity index (χ1) is 13.0. The van der Waals surface area contributed by atoms with Gasteiger partial charge in [-0.1, -0.05) is 6.07 Å². The lowest BCUT2D eigenvalue weighted by Crippen LogP contribution is -2.35. The van der Waals surface area contributed by atoms with Crippen LogP contribution in [0.5, 0.6) is 11.5 Å². The summed E-state index contributed by atoms with van der Waals surface area (Å²) in [5.41, 5.74) is 2.93. The van der Waals surface area contributed by atoms with E-state index in [2.05, 4.69) is 5.32 Å². The molecule has 142 valence electrons. The van der Waals surface area contributed by atoms with Crippen molar-refractivity contribution in [3.05, 3.63) is 47.5 Å². The van der Waals surface area contributed by atoms with E-state index in [1.54, 1.807) is 32.4 Å². The van der Waals surface area contributed by atoms with Gasteiger partial charge in [-0.3, -0.25) is 9.59 Å². The second-order valence-corrected chi connectivity index (χ2v) is 6.56. The number of carbonyl (C=O) groups is 2. The third-order valence-corrected chi connectivity index (χ3v) is 4.69. The van der Waals surface area contributed by atoms with Crippen molar-refractivity contribution in [1.82, 2.24) is 0 Å². The molecule has 0 spiro atoms. The summed E-state index contributed by atoms with van der Waals surface area (Å²) in [7, 11) is 3.08. The van der Waals surface area contributed by atoms with E-state index in [1.807, 2.05) is 30.0 Å². The van der Waals surface area contributed by atoms with Gasteiger partial charge in [0, 0.05) is 36.0 Å². The molecule has 0 saturated carbocycles. The molecule has 2 aromatic carbocycles. The van der Waals surface area contributed by atoms with Crippen molar-refractivity contribution >= 4 is 23.2 Å². The third kappa shape index (κ3) is 4.22. The van der Waals surface area contributed by atoms with E-state index in [0.29, 0.717) is 35.7 Å². The molecule has 2 amide bonds. The number of rotatable bonds is 5. The van der Waals surface area contributed by atoms with Gasteiger partial charge in [0.25, 0.3) is 5.91 Å². The summed E-state index contributed by atoms with van der Waals surface area (Å²) in [6, 6.07) is 10.6. The second kappa shape index (κ2) is 8.12. The van der Waals surface area contributed by atoms with Gasteiger partial charge in [0.15, 0.2) is 0 Å². The van der Waals surface area contributed by atoms with Gasteiger partial charge in [-0.2, -0.15) is 0 Å². The van der Waals surface area contributed by atoms with Gasteiger partial charge in [-0.25, -0.2) is 0 Å². The molecule has 0 unspecified atom stereocenters. The van der Waals surface area contributed by atoms with Crippen molar-refractivity contribution in [2.75, 3.05) is 31.0 Å². The molecule has 0 aromatic heterocycles. The Morgan fingerprint density at radius 3 is 2.37 bits per heavy atom. The van der Waals surface area contributed by atoms with Crippen LogP contribution in [-0.4, -0.2) is 32.6 Å². The van der Waals surface area contributed by atoms with E-state index in [1.165, 1.54) is 0 Å². The van der Waals surface area contributed by atoms with Gasteiger partial charge >= 0.3 is 0 Å². The molecule has 1 aliphatic rings. The number of amides is 2. The summed E-state index contributed by atoms with van der Waals surface area (Å²) in [5, 5.41) is 2.89. The average molecular weight is 368 g/mol. The van der Waals surface area contributed by atoms with E-state index in [9.17, 15) is 9.59 Å². The lowest BCUT2D eigenvalue weighted by Gasteiger charge is -2.28. The Bertz CT molecular complexity index is 841. The number of piperidine rings is 1. The minimum absolute atomic E-state index is 0.130. The summed E-state index contributed by atoms with van der Waals surface area (Å²) in [5.74, 6) is 0.948. The molecule has 27 heavy (non-hydrogen) atoms. The number of hydrogen-bond donors (Lipinski definition) is 1. The molecule has 3 rings (SSSR count). The van der Waals surface area contributed by atoms with Crippen LogP contribution >= 0.6 is 0 Å². The van der Waals surface area contributed by atoms with Crippen LogP contribution in [0.1, 0.15) is 35.2 Å². The summed E-state index contributed by atoms with van der Waals surface area (Å²) in [6.07, 6.45) is 2.49. The van der Waals surface area contributed by atoms with Crippen molar-refractivity contribution in [3.63, 3.8) is 0 Å². The van der Waals surface area contributed by atoms with Crippen molar-refractivity contribution in [1.29, 1.82) is 0 Å². The zero-order valence-corrected chi connectivity index (χ0v) is 15.9. The van der Waals surface area contributed by atoms with Crippen LogP contribution in [0.4, 0.5) is 11.4 Å². The third-order valence-electron chi connectivity index (χ3n) is 4.69. The lowest BCUT2D eigenvalue weighted by atomic mass is 10.1. The summed E-state index contributed by atoms with van der Waals surface area (Å²) in [6.45, 7) is 2.68. The molecular formula is C21H24N2O4. The highest BCUT2D eigenvalue weighted by Gasteiger charge is 2.21. The Hall–Kier alpha value is -3.02. The summed E-state index contributed by atoms with van der Waals surface area (Å²) in [4.78, 5) is 26.7. The van der Waals surface area contributed by atoms with Crippen molar-refractivity contribution in [2.24, 2.45) is 0 Å². The smallest absolute Gasteiger partial charge is 0.255 e. The minimum Gasteiger partial charge on any atom is -0.497 e. The molecule has 1 N–H and O–H groups in total. The number of nitrogens with zero attached hydrogens (tertiary/aromatic N) is 1. The van der Waals surface area contributed by atoms with Gasteiger partial charge in [-0.05, 0) is 49.6 Å². The Labute approximate surface area is 159 Å².